The molecule has 1 heterocycles. The van der Waals surface area contributed by atoms with Crippen molar-refractivity contribution in [1.82, 2.24) is 4.98 Å². The van der Waals surface area contributed by atoms with E-state index in [1.807, 2.05) is 32.0 Å². The van der Waals surface area contributed by atoms with Gasteiger partial charge in [-0.05, 0) is 55.8 Å². The largest absolute Gasteiger partial charge is 0.494 e. The van der Waals surface area contributed by atoms with Gasteiger partial charge < -0.3 is 9.84 Å². The number of ether oxygens (including phenoxy) is 1. The van der Waals surface area contributed by atoms with E-state index in [2.05, 4.69) is 4.98 Å². The number of benzene rings is 3. The monoisotopic (exact) mass is 401 g/mol. The van der Waals surface area contributed by atoms with E-state index in [9.17, 15) is 14.3 Å². The minimum Gasteiger partial charge on any atom is -0.494 e. The Morgan fingerprint density at radius 1 is 1.00 bits per heavy atom. The molecule has 0 radical (unpaired) electrons. The molecule has 150 valence electrons. The van der Waals surface area contributed by atoms with E-state index in [1.165, 1.54) is 12.1 Å². The molecule has 5 heteroatoms. The summed E-state index contributed by atoms with van der Waals surface area (Å²) in [6, 6.07) is 19.0. The minimum atomic E-state index is -1.04. The van der Waals surface area contributed by atoms with Crippen LogP contribution in [-0.2, 0) is 0 Å². The zero-order valence-electron chi connectivity index (χ0n) is 16.6. The van der Waals surface area contributed by atoms with Gasteiger partial charge in [-0.25, -0.2) is 14.2 Å². The first-order valence-electron chi connectivity index (χ1n) is 9.64. The van der Waals surface area contributed by atoms with E-state index in [0.29, 0.717) is 34.3 Å². The highest BCUT2D eigenvalue weighted by atomic mass is 19.1. The Bertz CT molecular complexity index is 1250. The highest BCUT2D eigenvalue weighted by Gasteiger charge is 2.15. The second-order valence-corrected chi connectivity index (χ2v) is 7.03. The van der Waals surface area contributed by atoms with Crippen molar-refractivity contribution in [2.45, 2.75) is 13.8 Å². The smallest absolute Gasteiger partial charge is 0.336 e. The molecule has 0 bridgehead atoms. The molecule has 0 atom stereocenters. The number of rotatable bonds is 5. The van der Waals surface area contributed by atoms with Gasteiger partial charge in [0.05, 0.1) is 23.4 Å². The summed E-state index contributed by atoms with van der Waals surface area (Å²) in [7, 11) is 0. The third-order valence-corrected chi connectivity index (χ3v) is 4.94. The fourth-order valence-corrected chi connectivity index (χ4v) is 3.47. The van der Waals surface area contributed by atoms with Crippen LogP contribution < -0.4 is 4.74 Å². The molecular formula is C25H20FNO3. The first-order valence-corrected chi connectivity index (χ1v) is 9.64. The molecule has 0 saturated heterocycles. The number of halogens is 1. The lowest BCUT2D eigenvalue weighted by Gasteiger charge is -2.10. The molecule has 0 aliphatic rings. The van der Waals surface area contributed by atoms with Crippen molar-refractivity contribution < 1.29 is 19.0 Å². The summed E-state index contributed by atoms with van der Waals surface area (Å²) in [5, 5.41) is 10.2. The Morgan fingerprint density at radius 3 is 2.40 bits per heavy atom. The van der Waals surface area contributed by atoms with Crippen LogP contribution in [0, 0.1) is 12.7 Å². The summed E-state index contributed by atoms with van der Waals surface area (Å²) in [5.74, 6) is -0.713. The number of aryl methyl sites for hydroxylation is 1. The van der Waals surface area contributed by atoms with Crippen LogP contribution in [-0.4, -0.2) is 22.7 Å². The summed E-state index contributed by atoms with van der Waals surface area (Å²) >= 11 is 0. The molecule has 1 aromatic heterocycles. The number of aromatic nitrogens is 1. The van der Waals surface area contributed by atoms with Gasteiger partial charge in [-0.1, -0.05) is 35.9 Å². The van der Waals surface area contributed by atoms with Crippen molar-refractivity contribution in [3.63, 3.8) is 0 Å². The van der Waals surface area contributed by atoms with Crippen LogP contribution in [0.2, 0.25) is 0 Å². The molecule has 3 aromatic carbocycles. The van der Waals surface area contributed by atoms with E-state index >= 15 is 0 Å². The lowest BCUT2D eigenvalue weighted by molar-refractivity contribution is 0.0699. The van der Waals surface area contributed by atoms with E-state index in [-0.39, 0.29) is 5.56 Å². The molecule has 4 nitrogen and oxygen atoms in total. The molecule has 0 unspecified atom stereocenters. The molecule has 4 rings (SSSR count). The average molecular weight is 401 g/mol. The summed E-state index contributed by atoms with van der Waals surface area (Å²) in [6.45, 7) is 4.37. The molecule has 0 aliphatic carbocycles. The lowest BCUT2D eigenvalue weighted by Crippen LogP contribution is -2.01. The van der Waals surface area contributed by atoms with E-state index < -0.39 is 11.8 Å². The van der Waals surface area contributed by atoms with Crippen molar-refractivity contribution in [1.29, 1.82) is 0 Å². The van der Waals surface area contributed by atoms with Gasteiger partial charge in [-0.3, -0.25) is 0 Å². The van der Waals surface area contributed by atoms with Crippen LogP contribution in [0.4, 0.5) is 4.39 Å². The van der Waals surface area contributed by atoms with Crippen molar-refractivity contribution >= 4 is 16.9 Å². The first-order chi connectivity index (χ1) is 14.5. The fraction of sp³-hybridized carbons (Fsp3) is 0.120. The third-order valence-electron chi connectivity index (χ3n) is 4.94. The number of carboxylic acid groups (broad SMARTS) is 1. The van der Waals surface area contributed by atoms with Crippen molar-refractivity contribution in [3.05, 3.63) is 83.7 Å². The van der Waals surface area contributed by atoms with Crippen molar-refractivity contribution in [3.8, 4) is 28.1 Å². The zero-order chi connectivity index (χ0) is 21.3. The van der Waals surface area contributed by atoms with Crippen LogP contribution in [0.3, 0.4) is 0 Å². The summed E-state index contributed by atoms with van der Waals surface area (Å²) in [4.78, 5) is 16.3. The summed E-state index contributed by atoms with van der Waals surface area (Å²) in [6.07, 6.45) is 0. The standard InChI is InChI=1S/C25H20FNO3/c1-3-30-18-8-5-16(6-9-18)19-10-7-17(13-22(19)26)24-14-21(25(28)29)20-12-15(2)4-11-23(20)27-24/h4-14H,3H2,1-2H3,(H,28,29). The molecule has 1 N–H and O–H groups in total. The van der Waals surface area contributed by atoms with Gasteiger partial charge >= 0.3 is 5.97 Å². The van der Waals surface area contributed by atoms with E-state index in [4.69, 9.17) is 4.74 Å². The molecule has 30 heavy (non-hydrogen) atoms. The summed E-state index contributed by atoms with van der Waals surface area (Å²) < 4.78 is 20.3. The van der Waals surface area contributed by atoms with Gasteiger partial charge in [-0.15, -0.1) is 0 Å². The van der Waals surface area contributed by atoms with Crippen LogP contribution >= 0.6 is 0 Å². The topological polar surface area (TPSA) is 59.4 Å². The fourth-order valence-electron chi connectivity index (χ4n) is 3.47. The Labute approximate surface area is 173 Å². The lowest BCUT2D eigenvalue weighted by atomic mass is 9.99. The maximum atomic E-state index is 14.9. The number of hydrogen-bond donors (Lipinski definition) is 1. The maximum Gasteiger partial charge on any atom is 0.336 e. The highest BCUT2D eigenvalue weighted by molar-refractivity contribution is 6.04. The molecular weight excluding hydrogens is 381 g/mol. The maximum absolute atomic E-state index is 14.9. The van der Waals surface area contributed by atoms with Crippen molar-refractivity contribution in [2.24, 2.45) is 0 Å². The van der Waals surface area contributed by atoms with Crippen LogP contribution in [0.15, 0.2) is 66.7 Å². The zero-order valence-corrected chi connectivity index (χ0v) is 16.6. The predicted molar refractivity (Wildman–Crippen MR) is 115 cm³/mol. The van der Waals surface area contributed by atoms with Gasteiger partial charge in [0.1, 0.15) is 11.6 Å². The Balaban J connectivity index is 1.76. The van der Waals surface area contributed by atoms with Crippen LogP contribution in [0.5, 0.6) is 5.75 Å². The quantitative estimate of drug-likeness (QED) is 0.438. The Morgan fingerprint density at radius 2 is 1.73 bits per heavy atom. The number of carbonyl (C=O) groups is 1. The van der Waals surface area contributed by atoms with Gasteiger partial charge in [0.25, 0.3) is 0 Å². The van der Waals surface area contributed by atoms with Crippen LogP contribution in [0.25, 0.3) is 33.3 Å². The van der Waals surface area contributed by atoms with Crippen molar-refractivity contribution in [2.75, 3.05) is 6.61 Å². The number of pyridine rings is 1. The molecule has 4 aromatic rings. The molecule has 0 fully saturated rings. The van der Waals surface area contributed by atoms with Gasteiger partial charge in [0.15, 0.2) is 0 Å². The number of aromatic carboxylic acids is 1. The number of nitrogens with zero attached hydrogens (tertiary/aromatic N) is 1. The Kier molecular flexibility index (Phi) is 5.19. The van der Waals surface area contributed by atoms with E-state index in [1.54, 1.807) is 36.4 Å². The number of carboxylic acids is 1. The van der Waals surface area contributed by atoms with Gasteiger partial charge in [0, 0.05) is 16.5 Å². The average Bonchev–Trinajstić information content (AvgIpc) is 2.73. The molecule has 0 spiro atoms. The van der Waals surface area contributed by atoms with E-state index in [0.717, 1.165) is 16.9 Å². The second kappa shape index (κ2) is 7.95. The minimum absolute atomic E-state index is 0.148. The second-order valence-electron chi connectivity index (χ2n) is 7.03. The number of fused-ring (bicyclic) bond motifs is 1. The normalized spacial score (nSPS) is 10.9. The molecule has 0 amide bonds. The molecule has 0 aliphatic heterocycles. The highest BCUT2D eigenvalue weighted by Crippen LogP contribution is 2.30. The Hall–Kier alpha value is -3.73. The summed E-state index contributed by atoms with van der Waals surface area (Å²) in [5.41, 5.74) is 3.78. The predicted octanol–water partition coefficient (Wildman–Crippen LogP) is 6.11. The van der Waals surface area contributed by atoms with Crippen LogP contribution in [0.1, 0.15) is 22.8 Å². The number of hydrogen-bond acceptors (Lipinski definition) is 3. The molecule has 0 saturated carbocycles. The van der Waals surface area contributed by atoms with Gasteiger partial charge in [0.2, 0.25) is 0 Å². The third kappa shape index (κ3) is 3.74. The SMILES string of the molecule is CCOc1ccc(-c2ccc(-c3cc(C(=O)O)c4cc(C)ccc4n3)cc2F)cc1. The van der Waals surface area contributed by atoms with Gasteiger partial charge in [-0.2, -0.15) is 0 Å². The first kappa shape index (κ1) is 19.6.